The van der Waals surface area contributed by atoms with Crippen molar-refractivity contribution in [3.05, 3.63) is 64.2 Å². The van der Waals surface area contributed by atoms with Crippen LogP contribution in [0.1, 0.15) is 33.9 Å². The normalized spacial score (nSPS) is 20.5. The Balaban J connectivity index is 2.13. The molecular formula is C21H17F9N2O2. The second-order valence-electron chi connectivity index (χ2n) is 7.90. The molecule has 186 valence electrons. The lowest BCUT2D eigenvalue weighted by Crippen LogP contribution is -2.40. The van der Waals surface area contributed by atoms with E-state index in [1.54, 1.807) is 19.9 Å². The Hall–Kier alpha value is -2.80. The van der Waals surface area contributed by atoms with Gasteiger partial charge >= 0.3 is 18.5 Å². The molecule has 4 nitrogen and oxygen atoms in total. The van der Waals surface area contributed by atoms with Gasteiger partial charge in [0.15, 0.2) is 11.9 Å². The zero-order valence-corrected chi connectivity index (χ0v) is 17.4. The number of aryl methyl sites for hydroxylation is 2. The second kappa shape index (κ2) is 8.45. The minimum absolute atomic E-state index is 0.0125. The van der Waals surface area contributed by atoms with Gasteiger partial charge in [0.2, 0.25) is 0 Å². The van der Waals surface area contributed by atoms with Gasteiger partial charge in [-0.05, 0) is 60.9 Å². The fourth-order valence-electron chi connectivity index (χ4n) is 3.74. The van der Waals surface area contributed by atoms with E-state index in [-0.39, 0.29) is 23.9 Å². The lowest BCUT2D eigenvalue weighted by Gasteiger charge is -2.28. The van der Waals surface area contributed by atoms with Crippen molar-refractivity contribution in [3.63, 3.8) is 0 Å². The molecule has 2 aromatic rings. The zero-order valence-electron chi connectivity index (χ0n) is 17.4. The second-order valence-corrected chi connectivity index (χ2v) is 7.90. The summed E-state index contributed by atoms with van der Waals surface area (Å²) < 4.78 is 120. The third-order valence-corrected chi connectivity index (χ3v) is 5.16. The number of hydrogen-bond acceptors (Lipinski definition) is 4. The molecule has 2 aromatic carbocycles. The first-order valence-corrected chi connectivity index (χ1v) is 9.58. The van der Waals surface area contributed by atoms with E-state index in [9.17, 15) is 49.7 Å². The Morgan fingerprint density at radius 3 is 1.65 bits per heavy atom. The number of hydrogen-bond donors (Lipinski definition) is 2. The Kier molecular flexibility index (Phi) is 6.42. The van der Waals surface area contributed by atoms with Gasteiger partial charge in [-0.3, -0.25) is 0 Å². The maximum Gasteiger partial charge on any atom is 0.431 e. The van der Waals surface area contributed by atoms with Crippen LogP contribution in [0.25, 0.3) is 0 Å². The summed E-state index contributed by atoms with van der Waals surface area (Å²) in [5.74, 6) is -2.40. The molecule has 0 fully saturated rings. The van der Waals surface area contributed by atoms with E-state index in [1.807, 2.05) is 0 Å². The maximum absolute atomic E-state index is 13.7. The van der Waals surface area contributed by atoms with Crippen LogP contribution in [0.2, 0.25) is 0 Å². The highest BCUT2D eigenvalue weighted by molar-refractivity contribution is 5.96. The van der Waals surface area contributed by atoms with Crippen molar-refractivity contribution < 1.29 is 49.7 Å². The number of aliphatic hydroxyl groups is 2. The number of benzene rings is 2. The van der Waals surface area contributed by atoms with E-state index in [0.717, 1.165) is 0 Å². The minimum Gasteiger partial charge on any atom is -0.388 e. The van der Waals surface area contributed by atoms with Gasteiger partial charge in [0.05, 0.1) is 28.8 Å². The molecule has 0 aliphatic carbocycles. The molecule has 3 rings (SSSR count). The third kappa shape index (κ3) is 5.14. The number of hydrazone groups is 1. The van der Waals surface area contributed by atoms with E-state index in [0.29, 0.717) is 16.1 Å². The molecule has 13 heteroatoms. The molecule has 1 aliphatic heterocycles. The Labute approximate surface area is 186 Å². The number of aliphatic hydroxyl groups excluding tert-OH is 2. The van der Waals surface area contributed by atoms with E-state index >= 15 is 0 Å². The van der Waals surface area contributed by atoms with Crippen LogP contribution in [0, 0.1) is 19.8 Å². The highest BCUT2D eigenvalue weighted by Gasteiger charge is 2.53. The fraction of sp³-hybridized carbons (Fsp3) is 0.381. The number of alkyl halides is 9. The molecule has 0 saturated carbocycles. The average Bonchev–Trinajstić information content (AvgIpc) is 3.02. The van der Waals surface area contributed by atoms with Crippen LogP contribution in [0.4, 0.5) is 45.2 Å². The molecule has 0 bridgehead atoms. The van der Waals surface area contributed by atoms with Crippen molar-refractivity contribution in [1.29, 1.82) is 0 Å². The SMILES string of the molecule is Cc1cc(C)cc(N2N=C(C(F)(F)F)C(C(O)c3cc(C(F)(F)F)cc(C(F)(F)F)c3)C2O)c1. The summed E-state index contributed by atoms with van der Waals surface area (Å²) in [5.41, 5.74) is -5.34. The summed E-state index contributed by atoms with van der Waals surface area (Å²) in [4.78, 5) is 0. The molecule has 0 saturated heterocycles. The van der Waals surface area contributed by atoms with E-state index < -0.39 is 59.2 Å². The van der Waals surface area contributed by atoms with Crippen molar-refractivity contribution in [3.8, 4) is 0 Å². The van der Waals surface area contributed by atoms with Crippen LogP contribution >= 0.6 is 0 Å². The monoisotopic (exact) mass is 500 g/mol. The van der Waals surface area contributed by atoms with Gasteiger partial charge < -0.3 is 10.2 Å². The van der Waals surface area contributed by atoms with Crippen LogP contribution in [0.5, 0.6) is 0 Å². The smallest absolute Gasteiger partial charge is 0.388 e. The topological polar surface area (TPSA) is 56.1 Å². The van der Waals surface area contributed by atoms with Gasteiger partial charge in [-0.2, -0.15) is 44.6 Å². The molecule has 2 N–H and O–H groups in total. The maximum atomic E-state index is 13.7. The molecule has 34 heavy (non-hydrogen) atoms. The standard InChI is InChI=1S/C21H17F9N2O2/c1-9-3-10(2)5-14(4-9)32-18(34)15(17(31-32)21(28,29)30)16(33)11-6-12(19(22,23)24)8-13(7-11)20(25,26)27/h3-8,15-16,18,33-34H,1-2H3. The first-order valence-electron chi connectivity index (χ1n) is 9.58. The van der Waals surface area contributed by atoms with E-state index in [2.05, 4.69) is 5.10 Å². The van der Waals surface area contributed by atoms with Crippen LogP contribution in [-0.2, 0) is 12.4 Å². The zero-order chi connectivity index (χ0) is 25.8. The lowest BCUT2D eigenvalue weighted by atomic mass is 9.88. The van der Waals surface area contributed by atoms with Crippen molar-refractivity contribution in [2.45, 2.75) is 44.7 Å². The van der Waals surface area contributed by atoms with Gasteiger partial charge in [-0.25, -0.2) is 5.01 Å². The van der Waals surface area contributed by atoms with Gasteiger partial charge in [0.25, 0.3) is 0 Å². The van der Waals surface area contributed by atoms with Crippen LogP contribution in [-0.4, -0.2) is 28.3 Å². The Bertz CT molecular complexity index is 1050. The van der Waals surface area contributed by atoms with Gasteiger partial charge in [0.1, 0.15) is 0 Å². The quantitative estimate of drug-likeness (QED) is 0.528. The summed E-state index contributed by atoms with van der Waals surface area (Å²) in [6.07, 6.45) is -20.7. The Morgan fingerprint density at radius 1 is 0.765 bits per heavy atom. The summed E-state index contributed by atoms with van der Waals surface area (Å²) in [7, 11) is 0. The first kappa shape index (κ1) is 25.8. The molecule has 0 aromatic heterocycles. The number of rotatable bonds is 3. The molecule has 3 atom stereocenters. The first-order chi connectivity index (χ1) is 15.4. The third-order valence-electron chi connectivity index (χ3n) is 5.16. The molecule has 0 radical (unpaired) electrons. The molecule has 1 aliphatic rings. The van der Waals surface area contributed by atoms with Crippen molar-refractivity contribution in [2.75, 3.05) is 5.01 Å². The predicted octanol–water partition coefficient (Wildman–Crippen LogP) is 5.75. The highest BCUT2D eigenvalue weighted by Crippen LogP contribution is 2.43. The summed E-state index contributed by atoms with van der Waals surface area (Å²) >= 11 is 0. The Morgan fingerprint density at radius 2 is 1.24 bits per heavy atom. The molecule has 1 heterocycles. The van der Waals surface area contributed by atoms with Crippen molar-refractivity contribution >= 4 is 11.4 Å². The van der Waals surface area contributed by atoms with Crippen LogP contribution in [0.3, 0.4) is 0 Å². The van der Waals surface area contributed by atoms with Crippen LogP contribution < -0.4 is 5.01 Å². The highest BCUT2D eigenvalue weighted by atomic mass is 19.4. The number of nitrogens with zero attached hydrogens (tertiary/aromatic N) is 2. The van der Waals surface area contributed by atoms with Gasteiger partial charge in [-0.1, -0.05) is 6.07 Å². The summed E-state index contributed by atoms with van der Waals surface area (Å²) in [6.45, 7) is 3.22. The summed E-state index contributed by atoms with van der Waals surface area (Å²) in [6, 6.07) is 4.42. The van der Waals surface area contributed by atoms with E-state index in [1.165, 1.54) is 12.1 Å². The van der Waals surface area contributed by atoms with Crippen molar-refractivity contribution in [2.24, 2.45) is 11.0 Å². The predicted molar refractivity (Wildman–Crippen MR) is 103 cm³/mol. The molecule has 0 amide bonds. The van der Waals surface area contributed by atoms with Crippen molar-refractivity contribution in [1.82, 2.24) is 0 Å². The molecule has 0 spiro atoms. The average molecular weight is 500 g/mol. The fourth-order valence-corrected chi connectivity index (χ4v) is 3.74. The van der Waals surface area contributed by atoms with Gasteiger partial charge in [0, 0.05) is 0 Å². The van der Waals surface area contributed by atoms with Gasteiger partial charge in [-0.15, -0.1) is 0 Å². The number of anilines is 1. The van der Waals surface area contributed by atoms with Crippen LogP contribution in [0.15, 0.2) is 41.5 Å². The molecule has 3 unspecified atom stereocenters. The van der Waals surface area contributed by atoms with E-state index in [4.69, 9.17) is 0 Å². The lowest BCUT2D eigenvalue weighted by molar-refractivity contribution is -0.143. The minimum atomic E-state index is -5.28. The largest absolute Gasteiger partial charge is 0.431 e. The molecular weight excluding hydrogens is 483 g/mol. The number of halogens is 9. The summed E-state index contributed by atoms with van der Waals surface area (Å²) in [5, 5.41) is 25.0.